The summed E-state index contributed by atoms with van der Waals surface area (Å²) in [6, 6.07) is 4.73. The van der Waals surface area contributed by atoms with Crippen LogP contribution in [0.5, 0.6) is 5.75 Å². The molecule has 1 rings (SSSR count). The van der Waals surface area contributed by atoms with Crippen molar-refractivity contribution in [2.45, 2.75) is 6.92 Å². The summed E-state index contributed by atoms with van der Waals surface area (Å²) in [4.78, 5) is 10.2. The van der Waals surface area contributed by atoms with Gasteiger partial charge in [0.1, 0.15) is 5.75 Å². The zero-order valence-electron chi connectivity index (χ0n) is 8.11. The largest absolute Gasteiger partial charge is 0.494 e. The zero-order valence-corrected chi connectivity index (χ0v) is 8.11. The topological polar surface area (TPSA) is 64.4 Å². The highest BCUT2D eigenvalue weighted by Crippen LogP contribution is 2.33. The molecular weight excluding hydrogens is 184 g/mol. The number of para-hydroxylation sites is 1. The number of nitrogens with one attached hydrogen (secondary N) is 1. The number of methoxy groups -OCH3 is 1. The van der Waals surface area contributed by atoms with Crippen LogP contribution in [-0.4, -0.2) is 18.6 Å². The lowest BCUT2D eigenvalue weighted by Crippen LogP contribution is -2.03. The fourth-order valence-corrected chi connectivity index (χ4v) is 1.20. The van der Waals surface area contributed by atoms with Crippen molar-refractivity contribution >= 4 is 11.4 Å². The van der Waals surface area contributed by atoms with Gasteiger partial charge in [0.05, 0.1) is 12.0 Å². The maximum absolute atomic E-state index is 10.7. The van der Waals surface area contributed by atoms with E-state index < -0.39 is 4.92 Å². The van der Waals surface area contributed by atoms with Crippen LogP contribution in [0.25, 0.3) is 0 Å². The number of benzene rings is 1. The Balaban J connectivity index is 3.20. The Morgan fingerprint density at radius 2 is 2.29 bits per heavy atom. The van der Waals surface area contributed by atoms with Gasteiger partial charge in [0.25, 0.3) is 5.69 Å². The first-order valence-electron chi connectivity index (χ1n) is 4.26. The summed E-state index contributed by atoms with van der Waals surface area (Å²) < 4.78 is 5.02. The van der Waals surface area contributed by atoms with Crippen LogP contribution in [0.15, 0.2) is 18.2 Å². The summed E-state index contributed by atoms with van der Waals surface area (Å²) in [5.41, 5.74) is 0.466. The molecule has 5 heteroatoms. The summed E-state index contributed by atoms with van der Waals surface area (Å²) in [6.45, 7) is 2.48. The third kappa shape index (κ3) is 1.93. The van der Waals surface area contributed by atoms with E-state index in [0.717, 1.165) is 0 Å². The molecule has 0 unspecified atom stereocenters. The van der Waals surface area contributed by atoms with E-state index >= 15 is 0 Å². The standard InChI is InChI=1S/C9H12N2O3/c1-3-10-9-7(11(12)13)5-4-6-8(9)14-2/h4-6,10H,3H2,1-2H3. The van der Waals surface area contributed by atoms with Crippen molar-refractivity contribution < 1.29 is 9.66 Å². The van der Waals surface area contributed by atoms with Crippen molar-refractivity contribution in [3.63, 3.8) is 0 Å². The Labute approximate surface area is 81.8 Å². The van der Waals surface area contributed by atoms with Crippen molar-refractivity contribution in [2.24, 2.45) is 0 Å². The molecule has 0 radical (unpaired) electrons. The highest BCUT2D eigenvalue weighted by molar-refractivity contribution is 5.69. The minimum atomic E-state index is -0.430. The molecule has 0 saturated carbocycles. The van der Waals surface area contributed by atoms with E-state index in [1.165, 1.54) is 13.2 Å². The second-order valence-electron chi connectivity index (χ2n) is 2.64. The van der Waals surface area contributed by atoms with Crippen LogP contribution in [0.4, 0.5) is 11.4 Å². The quantitative estimate of drug-likeness (QED) is 0.591. The summed E-state index contributed by atoms with van der Waals surface area (Å²) in [6.07, 6.45) is 0. The lowest BCUT2D eigenvalue weighted by Gasteiger charge is -2.09. The molecule has 0 fully saturated rings. The molecule has 5 nitrogen and oxygen atoms in total. The van der Waals surface area contributed by atoms with Gasteiger partial charge in [0, 0.05) is 12.6 Å². The Morgan fingerprint density at radius 3 is 2.79 bits per heavy atom. The number of anilines is 1. The van der Waals surface area contributed by atoms with Gasteiger partial charge in [-0.25, -0.2) is 0 Å². The van der Waals surface area contributed by atoms with Crippen LogP contribution in [0.2, 0.25) is 0 Å². The Kier molecular flexibility index (Phi) is 3.28. The van der Waals surface area contributed by atoms with Crippen LogP contribution in [0.3, 0.4) is 0 Å². The Bertz CT molecular complexity index is 339. The molecule has 0 saturated heterocycles. The minimum Gasteiger partial charge on any atom is -0.494 e. The Hall–Kier alpha value is -1.78. The van der Waals surface area contributed by atoms with Crippen molar-refractivity contribution in [3.05, 3.63) is 28.3 Å². The minimum absolute atomic E-state index is 0.0335. The van der Waals surface area contributed by atoms with E-state index in [4.69, 9.17) is 4.74 Å². The molecule has 1 aromatic rings. The number of hydrogen-bond donors (Lipinski definition) is 1. The molecule has 14 heavy (non-hydrogen) atoms. The van der Waals surface area contributed by atoms with Crippen molar-refractivity contribution in [1.82, 2.24) is 0 Å². The molecule has 0 spiro atoms. The number of nitro groups is 1. The lowest BCUT2D eigenvalue weighted by molar-refractivity contribution is -0.384. The van der Waals surface area contributed by atoms with Crippen molar-refractivity contribution in [3.8, 4) is 5.75 Å². The first kappa shape index (κ1) is 10.3. The van der Waals surface area contributed by atoms with Gasteiger partial charge in [-0.3, -0.25) is 10.1 Å². The van der Waals surface area contributed by atoms with Gasteiger partial charge >= 0.3 is 0 Å². The summed E-state index contributed by atoms with van der Waals surface area (Å²) in [5, 5.41) is 13.6. The van der Waals surface area contributed by atoms with Gasteiger partial charge in [-0.05, 0) is 13.0 Å². The Morgan fingerprint density at radius 1 is 1.57 bits per heavy atom. The summed E-state index contributed by atoms with van der Waals surface area (Å²) >= 11 is 0. The lowest BCUT2D eigenvalue weighted by atomic mass is 10.2. The van der Waals surface area contributed by atoms with E-state index in [2.05, 4.69) is 5.32 Å². The predicted molar refractivity (Wildman–Crippen MR) is 53.8 cm³/mol. The highest BCUT2D eigenvalue weighted by Gasteiger charge is 2.16. The van der Waals surface area contributed by atoms with Crippen LogP contribution in [-0.2, 0) is 0 Å². The second kappa shape index (κ2) is 4.45. The first-order valence-corrected chi connectivity index (χ1v) is 4.26. The molecule has 0 bridgehead atoms. The molecule has 0 atom stereocenters. The van der Waals surface area contributed by atoms with Crippen molar-refractivity contribution in [1.29, 1.82) is 0 Å². The average molecular weight is 196 g/mol. The molecule has 0 aliphatic heterocycles. The monoisotopic (exact) mass is 196 g/mol. The SMILES string of the molecule is CCNc1c(OC)cccc1[N+](=O)[O-]. The van der Waals surface area contributed by atoms with Gasteiger partial charge in [-0.1, -0.05) is 6.07 Å². The highest BCUT2D eigenvalue weighted by atomic mass is 16.6. The molecule has 1 N–H and O–H groups in total. The number of ether oxygens (including phenoxy) is 1. The predicted octanol–water partition coefficient (Wildman–Crippen LogP) is 2.04. The molecule has 0 aromatic heterocycles. The van der Waals surface area contributed by atoms with Crippen LogP contribution in [0, 0.1) is 10.1 Å². The maximum atomic E-state index is 10.7. The van der Waals surface area contributed by atoms with Gasteiger partial charge in [-0.15, -0.1) is 0 Å². The zero-order chi connectivity index (χ0) is 10.6. The average Bonchev–Trinajstić information content (AvgIpc) is 2.18. The number of rotatable bonds is 4. The molecule has 0 heterocycles. The van der Waals surface area contributed by atoms with Gasteiger partial charge < -0.3 is 10.1 Å². The number of hydrogen-bond acceptors (Lipinski definition) is 4. The van der Waals surface area contributed by atoms with Crippen LogP contribution in [0.1, 0.15) is 6.92 Å². The number of nitrogens with zero attached hydrogens (tertiary/aromatic N) is 1. The van der Waals surface area contributed by atoms with Gasteiger partial charge in [-0.2, -0.15) is 0 Å². The normalized spacial score (nSPS) is 9.57. The molecule has 0 aliphatic carbocycles. The molecule has 1 aromatic carbocycles. The second-order valence-corrected chi connectivity index (χ2v) is 2.64. The van der Waals surface area contributed by atoms with Gasteiger partial charge in [0.15, 0.2) is 5.69 Å². The number of nitro benzene ring substituents is 1. The van der Waals surface area contributed by atoms with E-state index in [1.54, 1.807) is 12.1 Å². The molecule has 76 valence electrons. The van der Waals surface area contributed by atoms with Gasteiger partial charge in [0.2, 0.25) is 0 Å². The third-order valence-corrected chi connectivity index (χ3v) is 1.77. The molecular formula is C9H12N2O3. The summed E-state index contributed by atoms with van der Waals surface area (Å²) in [5.74, 6) is 0.487. The van der Waals surface area contributed by atoms with Crippen LogP contribution < -0.4 is 10.1 Å². The van der Waals surface area contributed by atoms with Crippen molar-refractivity contribution in [2.75, 3.05) is 19.0 Å². The maximum Gasteiger partial charge on any atom is 0.296 e. The van der Waals surface area contributed by atoms with E-state index in [-0.39, 0.29) is 5.69 Å². The van der Waals surface area contributed by atoms with E-state index in [1.807, 2.05) is 6.92 Å². The van der Waals surface area contributed by atoms with Crippen LogP contribution >= 0.6 is 0 Å². The fourth-order valence-electron chi connectivity index (χ4n) is 1.20. The van der Waals surface area contributed by atoms with E-state index in [0.29, 0.717) is 18.0 Å². The summed E-state index contributed by atoms with van der Waals surface area (Å²) in [7, 11) is 1.49. The molecule has 0 amide bonds. The third-order valence-electron chi connectivity index (χ3n) is 1.77. The first-order chi connectivity index (χ1) is 6.70. The fraction of sp³-hybridized carbons (Fsp3) is 0.333. The van der Waals surface area contributed by atoms with E-state index in [9.17, 15) is 10.1 Å². The molecule has 0 aliphatic rings. The smallest absolute Gasteiger partial charge is 0.296 e.